The summed E-state index contributed by atoms with van der Waals surface area (Å²) in [4.78, 5) is 10.1. The van der Waals surface area contributed by atoms with Crippen LogP contribution in [0.5, 0.6) is 0 Å². The molecule has 2 nitrogen and oxygen atoms in total. The molecule has 0 heterocycles. The molecule has 0 bridgehead atoms. The van der Waals surface area contributed by atoms with Crippen LogP contribution in [0.1, 0.15) is 6.92 Å². The summed E-state index contributed by atoms with van der Waals surface area (Å²) < 4.78 is 4.02. The van der Waals surface area contributed by atoms with Crippen LogP contribution < -0.4 is 0 Å². The summed E-state index contributed by atoms with van der Waals surface area (Å²) in [7, 11) is 2.90. The maximum atomic E-state index is 10.1. The number of ether oxygens (including phenoxy) is 1. The first kappa shape index (κ1) is 16.8. The first-order valence-corrected chi connectivity index (χ1v) is 1.80. The topological polar surface area (TPSA) is 26.3 Å². The SMILES string of the molecule is C=C(C)C(=O)O[CH2-].[Y].[Y]. The van der Waals surface area contributed by atoms with Gasteiger partial charge in [-0.25, -0.2) is 4.79 Å². The Morgan fingerprint density at radius 1 is 1.56 bits per heavy atom. The van der Waals surface area contributed by atoms with Gasteiger partial charge in [-0.2, -0.15) is 7.11 Å². The van der Waals surface area contributed by atoms with E-state index in [2.05, 4.69) is 18.4 Å². The maximum Gasteiger partial charge on any atom is 0.301 e. The van der Waals surface area contributed by atoms with Gasteiger partial charge in [-0.05, 0) is 6.92 Å². The van der Waals surface area contributed by atoms with E-state index in [0.29, 0.717) is 5.57 Å². The minimum Gasteiger partial charge on any atom is -0.637 e. The second kappa shape index (κ2) is 9.42. The molecule has 0 amide bonds. The van der Waals surface area contributed by atoms with Crippen molar-refractivity contribution < 1.29 is 74.9 Å². The van der Waals surface area contributed by atoms with Crippen LogP contribution in [-0.2, 0) is 74.9 Å². The van der Waals surface area contributed by atoms with Crippen LogP contribution in [0.15, 0.2) is 12.2 Å². The summed E-state index contributed by atoms with van der Waals surface area (Å²) in [5.41, 5.74) is 0.370. The standard InChI is InChI=1S/C5H7O2.2Y/c1-4(2)5(6)7-3;;/h1,3H2,2H3;;/q-1;;. The van der Waals surface area contributed by atoms with Crippen molar-refractivity contribution in [3.8, 4) is 0 Å². The third-order valence-corrected chi connectivity index (χ3v) is 0.480. The normalized spacial score (nSPS) is 6.00. The molecule has 0 atom stereocenters. The molecule has 0 aliphatic heterocycles. The molecule has 46 valence electrons. The Morgan fingerprint density at radius 3 is 1.89 bits per heavy atom. The zero-order valence-corrected chi connectivity index (χ0v) is 11.1. The Labute approximate surface area is 106 Å². The van der Waals surface area contributed by atoms with E-state index in [9.17, 15) is 4.79 Å². The molecule has 0 aromatic carbocycles. The maximum absolute atomic E-state index is 10.1. The minimum absolute atomic E-state index is 0. The predicted molar refractivity (Wildman–Crippen MR) is 26.3 cm³/mol. The van der Waals surface area contributed by atoms with E-state index in [1.807, 2.05) is 0 Å². The molecule has 0 rings (SSSR count). The Kier molecular flexibility index (Phi) is 17.6. The molecular weight excluding hydrogens is 270 g/mol. The molecule has 9 heavy (non-hydrogen) atoms. The van der Waals surface area contributed by atoms with Crippen LogP contribution >= 0.6 is 0 Å². The average Bonchev–Trinajstić information content (AvgIpc) is 1.65. The van der Waals surface area contributed by atoms with E-state index >= 15 is 0 Å². The van der Waals surface area contributed by atoms with Crippen molar-refractivity contribution in [2.45, 2.75) is 6.92 Å². The molecule has 0 aliphatic rings. The summed E-state index contributed by atoms with van der Waals surface area (Å²) in [6.45, 7) is 4.87. The molecule has 0 aromatic heterocycles. The van der Waals surface area contributed by atoms with Crippen molar-refractivity contribution in [3.63, 3.8) is 0 Å². The number of carbonyl (C=O) groups excluding carboxylic acids is 1. The van der Waals surface area contributed by atoms with E-state index in [1.54, 1.807) is 6.92 Å². The molecule has 0 saturated heterocycles. The summed E-state index contributed by atoms with van der Waals surface area (Å²) in [6.07, 6.45) is 0. The third kappa shape index (κ3) is 9.42. The van der Waals surface area contributed by atoms with Gasteiger partial charge >= 0.3 is 5.97 Å². The summed E-state index contributed by atoms with van der Waals surface area (Å²) in [5, 5.41) is 0. The molecule has 4 heteroatoms. The number of hydrogen-bond donors (Lipinski definition) is 0. The molecule has 0 aromatic rings. The fourth-order valence-electron chi connectivity index (χ4n) is 0.123. The summed E-state index contributed by atoms with van der Waals surface area (Å²) in [6, 6.07) is 0. The van der Waals surface area contributed by atoms with E-state index in [4.69, 9.17) is 0 Å². The minimum atomic E-state index is -0.458. The number of esters is 1. The largest absolute Gasteiger partial charge is 0.637 e. The zero-order chi connectivity index (χ0) is 5.86. The summed E-state index contributed by atoms with van der Waals surface area (Å²) >= 11 is 0. The Morgan fingerprint density at radius 2 is 1.89 bits per heavy atom. The smallest absolute Gasteiger partial charge is 0.301 e. The first-order valence-electron chi connectivity index (χ1n) is 1.80. The van der Waals surface area contributed by atoms with Crippen molar-refractivity contribution >= 4 is 5.97 Å². The van der Waals surface area contributed by atoms with Crippen LogP contribution in [-0.4, -0.2) is 5.97 Å². The fraction of sp³-hybridized carbons (Fsp3) is 0.200. The van der Waals surface area contributed by atoms with E-state index in [0.717, 1.165) is 0 Å². The van der Waals surface area contributed by atoms with Gasteiger partial charge in [0.1, 0.15) is 0 Å². The molecule has 0 saturated carbocycles. The van der Waals surface area contributed by atoms with Crippen molar-refractivity contribution in [1.29, 1.82) is 0 Å². The van der Waals surface area contributed by atoms with Gasteiger partial charge in [0, 0.05) is 71.0 Å². The zero-order valence-electron chi connectivity index (χ0n) is 5.39. The number of rotatable bonds is 1. The molecule has 0 aliphatic carbocycles. The van der Waals surface area contributed by atoms with Gasteiger partial charge < -0.3 is 4.74 Å². The van der Waals surface area contributed by atoms with Crippen LogP contribution in [0.4, 0.5) is 0 Å². The third-order valence-electron chi connectivity index (χ3n) is 0.480. The van der Waals surface area contributed by atoms with Crippen LogP contribution in [0, 0.1) is 7.11 Å². The van der Waals surface area contributed by atoms with E-state index < -0.39 is 5.97 Å². The van der Waals surface area contributed by atoms with Gasteiger partial charge in [-0.15, -0.1) is 0 Å². The molecular formula is C5H7O2Y2-. The second-order valence-electron chi connectivity index (χ2n) is 1.21. The van der Waals surface area contributed by atoms with Gasteiger partial charge in [-0.1, -0.05) is 6.58 Å². The average molecular weight is 277 g/mol. The van der Waals surface area contributed by atoms with Crippen LogP contribution in [0.3, 0.4) is 0 Å². The van der Waals surface area contributed by atoms with E-state index in [1.165, 1.54) is 0 Å². The van der Waals surface area contributed by atoms with E-state index in [-0.39, 0.29) is 65.4 Å². The van der Waals surface area contributed by atoms with Crippen LogP contribution in [0.2, 0.25) is 0 Å². The van der Waals surface area contributed by atoms with Gasteiger partial charge in [-0.3, -0.25) is 0 Å². The van der Waals surface area contributed by atoms with Crippen molar-refractivity contribution in [1.82, 2.24) is 0 Å². The van der Waals surface area contributed by atoms with Gasteiger partial charge in [0.2, 0.25) is 0 Å². The first-order chi connectivity index (χ1) is 3.18. The monoisotopic (exact) mass is 277 g/mol. The molecule has 2 radical (unpaired) electrons. The van der Waals surface area contributed by atoms with Crippen molar-refractivity contribution in [2.24, 2.45) is 0 Å². The molecule has 0 N–H and O–H groups in total. The van der Waals surface area contributed by atoms with Gasteiger partial charge in [0.05, 0.1) is 0 Å². The quantitative estimate of drug-likeness (QED) is 0.404. The summed E-state index contributed by atoms with van der Waals surface area (Å²) in [5.74, 6) is -0.458. The fourth-order valence-corrected chi connectivity index (χ4v) is 0.123. The Hall–Kier alpha value is 1.42. The van der Waals surface area contributed by atoms with Gasteiger partial charge in [0.15, 0.2) is 0 Å². The van der Waals surface area contributed by atoms with Crippen molar-refractivity contribution in [3.05, 3.63) is 19.3 Å². The molecule has 0 unspecified atom stereocenters. The number of carbonyl (C=O) groups is 1. The number of hydrogen-bond acceptors (Lipinski definition) is 2. The molecule has 0 fully saturated rings. The molecule has 0 spiro atoms. The van der Waals surface area contributed by atoms with Gasteiger partial charge in [0.25, 0.3) is 0 Å². The predicted octanol–water partition coefficient (Wildman–Crippen LogP) is 0.892. The van der Waals surface area contributed by atoms with Crippen molar-refractivity contribution in [2.75, 3.05) is 0 Å². The van der Waals surface area contributed by atoms with Crippen LogP contribution in [0.25, 0.3) is 0 Å². The Bertz CT molecular complexity index is 101. The second-order valence-corrected chi connectivity index (χ2v) is 1.21. The Balaban J connectivity index is -0.000000180.